The number of hydrogen-bond donors (Lipinski definition) is 13. The lowest BCUT2D eigenvalue weighted by Crippen LogP contribution is -2.66. The highest BCUT2D eigenvalue weighted by molar-refractivity contribution is 4.96. The minimum atomic E-state index is -1.94. The molecule has 0 radical (unpaired) electrons. The van der Waals surface area contributed by atoms with Crippen LogP contribution in [0.1, 0.15) is 0 Å². The SMILES string of the molecule is OCC1OC(OC2C(O)OCC(OC3OC(CO)C(O)C(OC4OC(CO)C(O)C(O)C4O)C3O)C2O)C(O)C(O)C1O. The maximum Gasteiger partial charge on any atom is 0.187 e. The van der Waals surface area contributed by atoms with E-state index >= 15 is 0 Å². The van der Waals surface area contributed by atoms with E-state index in [1.165, 1.54) is 0 Å². The molecule has 19 atom stereocenters. The second kappa shape index (κ2) is 14.7. The Morgan fingerprint density at radius 3 is 1.33 bits per heavy atom. The van der Waals surface area contributed by atoms with E-state index in [1.807, 2.05) is 0 Å². The van der Waals surface area contributed by atoms with Crippen LogP contribution >= 0.6 is 0 Å². The molecular weight excluding hydrogens is 596 g/mol. The Kier molecular flexibility index (Phi) is 12.0. The van der Waals surface area contributed by atoms with Crippen molar-refractivity contribution in [3.05, 3.63) is 0 Å². The zero-order chi connectivity index (χ0) is 31.7. The zero-order valence-electron chi connectivity index (χ0n) is 22.5. The summed E-state index contributed by atoms with van der Waals surface area (Å²) in [6, 6.07) is 0. The molecule has 0 spiro atoms. The molecule has 4 aliphatic rings. The predicted octanol–water partition coefficient (Wildman–Crippen LogP) is -9.11. The van der Waals surface area contributed by atoms with Gasteiger partial charge < -0.3 is 99.5 Å². The number of ether oxygens (including phenoxy) is 7. The third-order valence-corrected chi connectivity index (χ3v) is 7.84. The Morgan fingerprint density at radius 1 is 0.442 bits per heavy atom. The fraction of sp³-hybridized carbons (Fsp3) is 1.00. The molecule has 0 aromatic heterocycles. The van der Waals surface area contributed by atoms with E-state index in [9.17, 15) is 66.4 Å². The standard InChI is InChI=1S/C23H40O20/c24-1-5-9(27)13(31)15(33)21(38-5)42-18-11(29)7(3-26)40-23(17(18)35)41-8-4-37-20(36)19(12(8)30)43-22-16(34)14(32)10(28)6(2-25)39-22/h5-36H,1-4H2. The molecule has 20 heteroatoms. The summed E-state index contributed by atoms with van der Waals surface area (Å²) in [6.07, 6.45) is -32.7. The lowest BCUT2D eigenvalue weighted by molar-refractivity contribution is -0.382. The molecule has 20 nitrogen and oxygen atoms in total. The van der Waals surface area contributed by atoms with E-state index in [-0.39, 0.29) is 0 Å². The van der Waals surface area contributed by atoms with Crippen molar-refractivity contribution in [2.45, 2.75) is 117 Å². The van der Waals surface area contributed by atoms with Crippen molar-refractivity contribution in [1.82, 2.24) is 0 Å². The average molecular weight is 637 g/mol. The Labute approximate surface area is 243 Å². The highest BCUT2D eigenvalue weighted by Crippen LogP contribution is 2.32. The van der Waals surface area contributed by atoms with Gasteiger partial charge in [0.2, 0.25) is 0 Å². The van der Waals surface area contributed by atoms with Crippen LogP contribution in [0.25, 0.3) is 0 Å². The van der Waals surface area contributed by atoms with Crippen LogP contribution in [-0.4, -0.2) is 210 Å². The molecule has 0 aromatic carbocycles. The fourth-order valence-electron chi connectivity index (χ4n) is 5.20. The lowest BCUT2D eigenvalue weighted by atomic mass is 9.96. The zero-order valence-corrected chi connectivity index (χ0v) is 22.5. The van der Waals surface area contributed by atoms with Gasteiger partial charge in [0.15, 0.2) is 25.2 Å². The lowest BCUT2D eigenvalue weighted by Gasteiger charge is -2.47. The highest BCUT2D eigenvalue weighted by atomic mass is 16.8. The Morgan fingerprint density at radius 2 is 0.860 bits per heavy atom. The van der Waals surface area contributed by atoms with Gasteiger partial charge in [0, 0.05) is 0 Å². The summed E-state index contributed by atoms with van der Waals surface area (Å²) >= 11 is 0. The molecule has 4 heterocycles. The number of aliphatic hydroxyl groups excluding tert-OH is 13. The molecule has 0 saturated carbocycles. The molecule has 13 N–H and O–H groups in total. The first-order valence-corrected chi connectivity index (χ1v) is 13.5. The average Bonchev–Trinajstić information content (AvgIpc) is 2.99. The summed E-state index contributed by atoms with van der Waals surface area (Å²) < 4.78 is 37.6. The van der Waals surface area contributed by atoms with Crippen LogP contribution in [0.15, 0.2) is 0 Å². The van der Waals surface area contributed by atoms with Crippen LogP contribution in [-0.2, 0) is 33.2 Å². The minimum Gasteiger partial charge on any atom is -0.394 e. The van der Waals surface area contributed by atoms with E-state index in [2.05, 4.69) is 0 Å². The van der Waals surface area contributed by atoms with Gasteiger partial charge in [0.05, 0.1) is 26.4 Å². The quantitative estimate of drug-likeness (QED) is 0.112. The monoisotopic (exact) mass is 636 g/mol. The van der Waals surface area contributed by atoms with Crippen molar-refractivity contribution in [2.24, 2.45) is 0 Å². The molecule has 0 aromatic rings. The summed E-state index contributed by atoms with van der Waals surface area (Å²) in [7, 11) is 0. The van der Waals surface area contributed by atoms with Gasteiger partial charge in [0.1, 0.15) is 91.6 Å². The number of rotatable bonds is 9. The van der Waals surface area contributed by atoms with E-state index in [0.717, 1.165) is 0 Å². The van der Waals surface area contributed by atoms with E-state index < -0.39 is 143 Å². The van der Waals surface area contributed by atoms with Crippen LogP contribution in [0.4, 0.5) is 0 Å². The molecule has 43 heavy (non-hydrogen) atoms. The van der Waals surface area contributed by atoms with Crippen molar-refractivity contribution in [3.63, 3.8) is 0 Å². The molecule has 19 unspecified atom stereocenters. The summed E-state index contributed by atoms with van der Waals surface area (Å²) in [4.78, 5) is 0. The van der Waals surface area contributed by atoms with Crippen molar-refractivity contribution in [2.75, 3.05) is 26.4 Å². The van der Waals surface area contributed by atoms with Gasteiger partial charge in [-0.1, -0.05) is 0 Å². The molecule has 252 valence electrons. The first-order valence-electron chi connectivity index (χ1n) is 13.5. The van der Waals surface area contributed by atoms with E-state index in [0.29, 0.717) is 0 Å². The van der Waals surface area contributed by atoms with Gasteiger partial charge in [-0.25, -0.2) is 0 Å². The molecule has 4 rings (SSSR count). The topological polar surface area (TPSA) is 328 Å². The molecule has 0 aliphatic carbocycles. The van der Waals surface area contributed by atoms with Crippen LogP contribution in [0, 0.1) is 0 Å². The summed E-state index contributed by atoms with van der Waals surface area (Å²) in [5, 5.41) is 132. The summed E-state index contributed by atoms with van der Waals surface area (Å²) in [6.45, 7) is -2.93. The van der Waals surface area contributed by atoms with Crippen molar-refractivity contribution >= 4 is 0 Å². The van der Waals surface area contributed by atoms with Crippen LogP contribution in [0.3, 0.4) is 0 Å². The van der Waals surface area contributed by atoms with E-state index in [1.54, 1.807) is 0 Å². The maximum atomic E-state index is 11.0. The number of hydrogen-bond acceptors (Lipinski definition) is 20. The number of aliphatic hydroxyl groups is 13. The Hall–Kier alpha value is -0.800. The Balaban J connectivity index is 1.45. The highest BCUT2D eigenvalue weighted by Gasteiger charge is 2.53. The van der Waals surface area contributed by atoms with Crippen molar-refractivity contribution in [3.8, 4) is 0 Å². The first-order chi connectivity index (χ1) is 20.3. The predicted molar refractivity (Wildman–Crippen MR) is 128 cm³/mol. The van der Waals surface area contributed by atoms with Gasteiger partial charge in [0.25, 0.3) is 0 Å². The van der Waals surface area contributed by atoms with Gasteiger partial charge in [-0.3, -0.25) is 0 Å². The second-order valence-electron chi connectivity index (χ2n) is 10.7. The van der Waals surface area contributed by atoms with Gasteiger partial charge in [-0.2, -0.15) is 0 Å². The molecule has 4 fully saturated rings. The fourth-order valence-corrected chi connectivity index (χ4v) is 5.20. The van der Waals surface area contributed by atoms with Gasteiger partial charge in [-0.05, 0) is 0 Å². The summed E-state index contributed by atoms with van der Waals surface area (Å²) in [5.41, 5.74) is 0. The van der Waals surface area contributed by atoms with Crippen LogP contribution in [0.2, 0.25) is 0 Å². The molecular formula is C23H40O20. The van der Waals surface area contributed by atoms with Gasteiger partial charge >= 0.3 is 0 Å². The van der Waals surface area contributed by atoms with Crippen LogP contribution in [0.5, 0.6) is 0 Å². The van der Waals surface area contributed by atoms with Crippen molar-refractivity contribution in [1.29, 1.82) is 0 Å². The molecule has 0 amide bonds. The van der Waals surface area contributed by atoms with Crippen LogP contribution < -0.4 is 0 Å². The molecule has 4 saturated heterocycles. The smallest absolute Gasteiger partial charge is 0.187 e. The van der Waals surface area contributed by atoms with Gasteiger partial charge in [-0.15, -0.1) is 0 Å². The maximum absolute atomic E-state index is 11.0. The van der Waals surface area contributed by atoms with E-state index in [4.69, 9.17) is 33.2 Å². The minimum absolute atomic E-state index is 0.534. The second-order valence-corrected chi connectivity index (χ2v) is 10.7. The normalized spacial score (nSPS) is 53.1. The molecule has 0 bridgehead atoms. The Bertz CT molecular complexity index is 867. The largest absolute Gasteiger partial charge is 0.394 e. The first kappa shape index (κ1) is 35.1. The summed E-state index contributed by atoms with van der Waals surface area (Å²) in [5.74, 6) is 0. The molecule has 4 aliphatic heterocycles. The van der Waals surface area contributed by atoms with Crippen molar-refractivity contribution < 1.29 is 99.5 Å². The third-order valence-electron chi connectivity index (χ3n) is 7.84. The third kappa shape index (κ3) is 7.13.